The van der Waals surface area contributed by atoms with Crippen molar-refractivity contribution in [2.75, 3.05) is 20.8 Å². The lowest BCUT2D eigenvalue weighted by molar-refractivity contribution is -0.385. The third-order valence-corrected chi connectivity index (χ3v) is 3.97. The molecule has 0 atom stereocenters. The fourth-order valence-corrected chi connectivity index (χ4v) is 2.49. The largest absolute Gasteiger partial charge is 0.493 e. The molecule has 0 aliphatic heterocycles. The number of methoxy groups -OCH3 is 2. The van der Waals surface area contributed by atoms with Crippen molar-refractivity contribution in [1.29, 1.82) is 5.26 Å². The van der Waals surface area contributed by atoms with Crippen molar-refractivity contribution in [2.24, 2.45) is 0 Å². The molecular weight excluding hydrogens is 408 g/mol. The van der Waals surface area contributed by atoms with E-state index in [4.69, 9.17) is 19.5 Å². The first kappa shape index (κ1) is 22.9. The highest BCUT2D eigenvalue weighted by molar-refractivity contribution is 5.97. The molecular formula is C21H18N2O8. The molecule has 0 aromatic heterocycles. The minimum absolute atomic E-state index is 0.0550. The summed E-state index contributed by atoms with van der Waals surface area (Å²) in [7, 11) is 2.53. The first-order chi connectivity index (χ1) is 14.8. The van der Waals surface area contributed by atoms with Gasteiger partial charge in [-0.1, -0.05) is 6.07 Å². The van der Waals surface area contributed by atoms with Crippen LogP contribution in [-0.2, 0) is 14.3 Å². The standard InChI is InChI=1S/C21H18N2O8/c1-13-8-16(5-6-17(13)23(26)27)30-12-20(24)31-18-7-4-14(10-19(18)28-2)9-15(11-22)21(25)29-3/h4-10H,12H2,1-3H3/b15-9+. The molecule has 2 aromatic carbocycles. The van der Waals surface area contributed by atoms with Crippen molar-refractivity contribution in [3.63, 3.8) is 0 Å². The summed E-state index contributed by atoms with van der Waals surface area (Å²) in [6.07, 6.45) is 1.31. The van der Waals surface area contributed by atoms with Gasteiger partial charge in [0.1, 0.15) is 17.4 Å². The molecule has 0 unspecified atom stereocenters. The van der Waals surface area contributed by atoms with Gasteiger partial charge < -0.3 is 18.9 Å². The molecule has 0 spiro atoms. The van der Waals surface area contributed by atoms with Crippen LogP contribution in [0.2, 0.25) is 0 Å². The molecule has 31 heavy (non-hydrogen) atoms. The maximum absolute atomic E-state index is 12.1. The molecule has 0 radical (unpaired) electrons. The number of nitriles is 1. The lowest BCUT2D eigenvalue weighted by atomic mass is 10.1. The molecule has 0 aliphatic carbocycles. The molecule has 0 fully saturated rings. The van der Waals surface area contributed by atoms with Crippen LogP contribution in [-0.4, -0.2) is 37.7 Å². The van der Waals surface area contributed by atoms with E-state index in [9.17, 15) is 19.7 Å². The van der Waals surface area contributed by atoms with Crippen molar-refractivity contribution in [3.8, 4) is 23.3 Å². The molecule has 0 saturated heterocycles. The summed E-state index contributed by atoms with van der Waals surface area (Å²) in [5.74, 6) is -0.944. The van der Waals surface area contributed by atoms with Gasteiger partial charge in [-0.2, -0.15) is 5.26 Å². The number of carbonyl (C=O) groups excluding carboxylic acids is 2. The van der Waals surface area contributed by atoms with E-state index < -0.39 is 23.5 Å². The maximum atomic E-state index is 12.1. The average Bonchev–Trinajstić information content (AvgIpc) is 2.76. The van der Waals surface area contributed by atoms with Crippen LogP contribution in [0.3, 0.4) is 0 Å². The summed E-state index contributed by atoms with van der Waals surface area (Å²) in [4.78, 5) is 34.0. The van der Waals surface area contributed by atoms with Crippen LogP contribution in [0.15, 0.2) is 42.0 Å². The first-order valence-electron chi connectivity index (χ1n) is 8.75. The Hall–Kier alpha value is -4.39. The van der Waals surface area contributed by atoms with Crippen LogP contribution < -0.4 is 14.2 Å². The number of carbonyl (C=O) groups is 2. The number of benzene rings is 2. The van der Waals surface area contributed by atoms with Crippen LogP contribution >= 0.6 is 0 Å². The lowest BCUT2D eigenvalue weighted by Gasteiger charge is -2.11. The van der Waals surface area contributed by atoms with Crippen LogP contribution in [0.5, 0.6) is 17.2 Å². The van der Waals surface area contributed by atoms with Crippen molar-refractivity contribution in [1.82, 2.24) is 0 Å². The molecule has 160 valence electrons. The van der Waals surface area contributed by atoms with Crippen LogP contribution in [0, 0.1) is 28.4 Å². The van der Waals surface area contributed by atoms with Gasteiger partial charge in [-0.15, -0.1) is 0 Å². The van der Waals surface area contributed by atoms with Gasteiger partial charge in [0.15, 0.2) is 18.1 Å². The minimum Gasteiger partial charge on any atom is -0.493 e. The highest BCUT2D eigenvalue weighted by Gasteiger charge is 2.15. The summed E-state index contributed by atoms with van der Waals surface area (Å²) in [5.41, 5.74) is 0.586. The fraction of sp³-hybridized carbons (Fsp3) is 0.190. The Morgan fingerprint density at radius 3 is 2.48 bits per heavy atom. The van der Waals surface area contributed by atoms with Gasteiger partial charge in [0.2, 0.25) is 0 Å². The zero-order chi connectivity index (χ0) is 23.0. The molecule has 2 aromatic rings. The number of hydrogen-bond acceptors (Lipinski definition) is 9. The predicted octanol–water partition coefficient (Wildman–Crippen LogP) is 2.98. The smallest absolute Gasteiger partial charge is 0.349 e. The van der Waals surface area contributed by atoms with Crippen LogP contribution in [0.4, 0.5) is 5.69 Å². The number of rotatable bonds is 8. The van der Waals surface area contributed by atoms with Gasteiger partial charge in [0.25, 0.3) is 5.69 Å². The second-order valence-corrected chi connectivity index (χ2v) is 6.04. The molecule has 10 heteroatoms. The summed E-state index contributed by atoms with van der Waals surface area (Å²) in [6, 6.07) is 10.3. The highest BCUT2D eigenvalue weighted by Crippen LogP contribution is 2.29. The third kappa shape index (κ3) is 6.04. The zero-order valence-electron chi connectivity index (χ0n) is 16.9. The first-order valence-corrected chi connectivity index (χ1v) is 8.75. The molecule has 0 saturated carbocycles. The van der Waals surface area contributed by atoms with E-state index in [-0.39, 0.29) is 28.5 Å². The Bertz CT molecular complexity index is 1090. The quantitative estimate of drug-likeness (QED) is 0.156. The average molecular weight is 426 g/mol. The van der Waals surface area contributed by atoms with Crippen LogP contribution in [0.1, 0.15) is 11.1 Å². The number of esters is 2. The second kappa shape index (κ2) is 10.4. The third-order valence-electron chi connectivity index (χ3n) is 3.97. The van der Waals surface area contributed by atoms with E-state index in [1.807, 2.05) is 0 Å². The van der Waals surface area contributed by atoms with Crippen molar-refractivity contribution < 1.29 is 33.5 Å². The molecule has 0 amide bonds. The second-order valence-electron chi connectivity index (χ2n) is 6.04. The van der Waals surface area contributed by atoms with Gasteiger partial charge in [0, 0.05) is 11.6 Å². The molecule has 2 rings (SSSR count). The number of hydrogen-bond donors (Lipinski definition) is 0. The molecule has 0 N–H and O–H groups in total. The van der Waals surface area contributed by atoms with E-state index in [0.29, 0.717) is 11.1 Å². The van der Waals surface area contributed by atoms with Crippen molar-refractivity contribution in [2.45, 2.75) is 6.92 Å². The van der Waals surface area contributed by atoms with Gasteiger partial charge in [-0.25, -0.2) is 9.59 Å². The monoisotopic (exact) mass is 426 g/mol. The van der Waals surface area contributed by atoms with Gasteiger partial charge in [-0.05, 0) is 42.8 Å². The van der Waals surface area contributed by atoms with E-state index in [2.05, 4.69) is 4.74 Å². The zero-order valence-corrected chi connectivity index (χ0v) is 16.9. The predicted molar refractivity (Wildman–Crippen MR) is 108 cm³/mol. The van der Waals surface area contributed by atoms with E-state index >= 15 is 0 Å². The normalized spacial score (nSPS) is 10.6. The Kier molecular flexibility index (Phi) is 7.68. The Labute approximate surface area is 177 Å². The maximum Gasteiger partial charge on any atom is 0.349 e. The number of nitrogens with zero attached hydrogens (tertiary/aromatic N) is 2. The lowest BCUT2D eigenvalue weighted by Crippen LogP contribution is -2.18. The van der Waals surface area contributed by atoms with E-state index in [1.165, 1.54) is 49.6 Å². The van der Waals surface area contributed by atoms with Gasteiger partial charge >= 0.3 is 11.9 Å². The number of ether oxygens (including phenoxy) is 4. The summed E-state index contributed by atoms with van der Waals surface area (Å²) < 4.78 is 20.3. The van der Waals surface area contributed by atoms with E-state index in [0.717, 1.165) is 7.11 Å². The fourth-order valence-electron chi connectivity index (χ4n) is 2.49. The topological polar surface area (TPSA) is 138 Å². The number of aryl methyl sites for hydroxylation is 1. The minimum atomic E-state index is -0.782. The van der Waals surface area contributed by atoms with E-state index in [1.54, 1.807) is 13.0 Å². The number of nitro groups is 1. The van der Waals surface area contributed by atoms with Crippen molar-refractivity contribution >= 4 is 23.7 Å². The summed E-state index contributed by atoms with van der Waals surface area (Å²) in [5, 5.41) is 19.9. The molecule has 10 nitrogen and oxygen atoms in total. The van der Waals surface area contributed by atoms with Gasteiger partial charge in [0.05, 0.1) is 19.1 Å². The SMILES string of the molecule is COC(=O)/C(C#N)=C/c1ccc(OC(=O)COc2ccc([N+](=O)[O-])c(C)c2)c(OC)c1. The molecule has 0 heterocycles. The highest BCUT2D eigenvalue weighted by atomic mass is 16.6. The molecule has 0 bridgehead atoms. The Morgan fingerprint density at radius 1 is 1.16 bits per heavy atom. The molecule has 0 aliphatic rings. The Balaban J connectivity index is 2.08. The van der Waals surface area contributed by atoms with Crippen LogP contribution in [0.25, 0.3) is 6.08 Å². The van der Waals surface area contributed by atoms with Gasteiger partial charge in [-0.3, -0.25) is 10.1 Å². The Morgan fingerprint density at radius 2 is 1.90 bits per heavy atom. The summed E-state index contributed by atoms with van der Waals surface area (Å²) >= 11 is 0. The van der Waals surface area contributed by atoms with Crippen molar-refractivity contribution in [3.05, 3.63) is 63.2 Å². The summed E-state index contributed by atoms with van der Waals surface area (Å²) in [6.45, 7) is 1.12. The number of nitro benzene ring substituents is 1.